The molecule has 1 aromatic carbocycles. The molecule has 1 aliphatic heterocycles. The summed E-state index contributed by atoms with van der Waals surface area (Å²) in [5.41, 5.74) is 1.91. The van der Waals surface area contributed by atoms with Gasteiger partial charge in [0.05, 0.1) is 18.0 Å². The third kappa shape index (κ3) is 3.01. The van der Waals surface area contributed by atoms with Gasteiger partial charge in [0, 0.05) is 44.3 Å². The first-order chi connectivity index (χ1) is 12.8. The van der Waals surface area contributed by atoms with Crippen molar-refractivity contribution in [1.29, 1.82) is 0 Å². The normalized spacial score (nSPS) is 14.5. The van der Waals surface area contributed by atoms with Gasteiger partial charge in [0.25, 0.3) is 5.91 Å². The number of carbonyl (C=O) groups is 1. The van der Waals surface area contributed by atoms with Gasteiger partial charge in [-0.3, -0.25) is 4.79 Å². The summed E-state index contributed by atoms with van der Waals surface area (Å²) < 4.78 is 5.33. The average molecular weight is 350 g/mol. The lowest BCUT2D eigenvalue weighted by molar-refractivity contribution is 0.0734. The molecule has 0 N–H and O–H groups in total. The number of ether oxygens (including phenoxy) is 1. The molecule has 0 atom stereocenters. The highest BCUT2D eigenvalue weighted by Gasteiger charge is 2.24. The molecular weight excluding hydrogens is 332 g/mol. The zero-order chi connectivity index (χ0) is 17.9. The first-order valence-electron chi connectivity index (χ1n) is 8.36. The second-order valence-corrected chi connectivity index (χ2v) is 5.94. The van der Waals surface area contributed by atoms with E-state index < -0.39 is 0 Å². The molecule has 0 saturated carbocycles. The maximum absolute atomic E-state index is 12.5. The zero-order valence-corrected chi connectivity index (χ0v) is 14.4. The molecule has 0 bridgehead atoms. The van der Waals surface area contributed by atoms with Crippen LogP contribution in [0.5, 0.6) is 5.88 Å². The summed E-state index contributed by atoms with van der Waals surface area (Å²) in [6, 6.07) is 7.73. The van der Waals surface area contributed by atoms with E-state index in [1.807, 2.05) is 18.2 Å². The van der Waals surface area contributed by atoms with Gasteiger partial charge in [0.1, 0.15) is 6.33 Å². The van der Waals surface area contributed by atoms with Gasteiger partial charge in [-0.25, -0.2) is 19.9 Å². The van der Waals surface area contributed by atoms with Crippen LogP contribution < -0.4 is 9.64 Å². The van der Waals surface area contributed by atoms with Gasteiger partial charge in [-0.05, 0) is 24.3 Å². The van der Waals surface area contributed by atoms with E-state index in [0.29, 0.717) is 19.0 Å². The highest BCUT2D eigenvalue weighted by molar-refractivity contribution is 5.90. The molecule has 1 aliphatic rings. The largest absolute Gasteiger partial charge is 0.480 e. The minimum atomic E-state index is -0.126. The Labute approximate surface area is 150 Å². The Bertz CT molecular complexity index is 925. The molecule has 0 spiro atoms. The topological polar surface area (TPSA) is 84.3 Å². The fraction of sp³-hybridized carbons (Fsp3) is 0.278. The van der Waals surface area contributed by atoms with E-state index in [1.165, 1.54) is 6.33 Å². The maximum Gasteiger partial charge on any atom is 0.291 e. The van der Waals surface area contributed by atoms with Crippen LogP contribution in [0.25, 0.3) is 10.9 Å². The van der Waals surface area contributed by atoms with E-state index in [-0.39, 0.29) is 11.7 Å². The summed E-state index contributed by atoms with van der Waals surface area (Å²) in [5, 5.41) is 0.878. The van der Waals surface area contributed by atoms with Crippen LogP contribution in [-0.4, -0.2) is 64.0 Å². The summed E-state index contributed by atoms with van der Waals surface area (Å²) in [6.45, 7) is 2.72. The molecule has 132 valence electrons. The van der Waals surface area contributed by atoms with Gasteiger partial charge in [0.2, 0.25) is 11.7 Å². The van der Waals surface area contributed by atoms with E-state index >= 15 is 0 Å². The molecule has 8 heteroatoms. The van der Waals surface area contributed by atoms with Gasteiger partial charge < -0.3 is 14.5 Å². The van der Waals surface area contributed by atoms with E-state index in [0.717, 1.165) is 29.7 Å². The van der Waals surface area contributed by atoms with Crippen LogP contribution in [0.2, 0.25) is 0 Å². The monoisotopic (exact) mass is 350 g/mol. The van der Waals surface area contributed by atoms with E-state index in [9.17, 15) is 4.79 Å². The van der Waals surface area contributed by atoms with Crippen molar-refractivity contribution in [2.45, 2.75) is 0 Å². The summed E-state index contributed by atoms with van der Waals surface area (Å²) in [5.74, 6) is 0.680. The van der Waals surface area contributed by atoms with Gasteiger partial charge in [-0.2, -0.15) is 0 Å². The SMILES string of the molecule is COc1ncnc2ccc(N3CCN(C(=O)c4ncccn4)CC3)cc12. The number of anilines is 1. The maximum atomic E-state index is 12.5. The van der Waals surface area contributed by atoms with Crippen molar-refractivity contribution in [3.8, 4) is 5.88 Å². The molecule has 1 saturated heterocycles. The lowest BCUT2D eigenvalue weighted by atomic mass is 10.2. The number of amides is 1. The van der Waals surface area contributed by atoms with Crippen molar-refractivity contribution in [3.63, 3.8) is 0 Å². The van der Waals surface area contributed by atoms with Crippen molar-refractivity contribution < 1.29 is 9.53 Å². The van der Waals surface area contributed by atoms with Crippen molar-refractivity contribution >= 4 is 22.5 Å². The molecule has 0 unspecified atom stereocenters. The van der Waals surface area contributed by atoms with Crippen LogP contribution in [0.4, 0.5) is 5.69 Å². The second kappa shape index (κ2) is 6.91. The van der Waals surface area contributed by atoms with Gasteiger partial charge >= 0.3 is 0 Å². The zero-order valence-electron chi connectivity index (χ0n) is 14.4. The summed E-state index contributed by atoms with van der Waals surface area (Å²) in [4.78, 5) is 33.0. The van der Waals surface area contributed by atoms with Crippen molar-refractivity contribution in [1.82, 2.24) is 24.8 Å². The highest BCUT2D eigenvalue weighted by atomic mass is 16.5. The molecule has 8 nitrogen and oxygen atoms in total. The predicted molar refractivity (Wildman–Crippen MR) is 96.2 cm³/mol. The van der Waals surface area contributed by atoms with Crippen LogP contribution in [0.3, 0.4) is 0 Å². The van der Waals surface area contributed by atoms with Gasteiger partial charge in [0.15, 0.2) is 0 Å². The summed E-state index contributed by atoms with van der Waals surface area (Å²) in [7, 11) is 1.60. The predicted octanol–water partition coefficient (Wildman–Crippen LogP) is 1.39. The Morgan fingerprint density at radius 2 is 1.81 bits per heavy atom. The number of piperazine rings is 1. The minimum Gasteiger partial charge on any atom is -0.480 e. The van der Waals surface area contributed by atoms with Crippen LogP contribution in [0.15, 0.2) is 43.0 Å². The third-order valence-corrected chi connectivity index (χ3v) is 4.46. The molecular formula is C18H18N6O2. The lowest BCUT2D eigenvalue weighted by Gasteiger charge is -2.35. The number of methoxy groups -OCH3 is 1. The Morgan fingerprint density at radius 1 is 1.04 bits per heavy atom. The summed E-state index contributed by atoms with van der Waals surface area (Å²) in [6.07, 6.45) is 4.67. The van der Waals surface area contributed by atoms with E-state index in [2.05, 4.69) is 24.8 Å². The molecule has 1 fully saturated rings. The Hall–Kier alpha value is -3.29. The fourth-order valence-electron chi connectivity index (χ4n) is 3.10. The first-order valence-corrected chi connectivity index (χ1v) is 8.36. The molecule has 0 aliphatic carbocycles. The quantitative estimate of drug-likeness (QED) is 0.706. The Balaban J connectivity index is 1.50. The van der Waals surface area contributed by atoms with Gasteiger partial charge in [-0.15, -0.1) is 0 Å². The van der Waals surface area contributed by atoms with Crippen LogP contribution in [-0.2, 0) is 0 Å². The number of fused-ring (bicyclic) bond motifs is 1. The number of hydrogen-bond acceptors (Lipinski definition) is 7. The average Bonchev–Trinajstić information content (AvgIpc) is 2.73. The highest BCUT2D eigenvalue weighted by Crippen LogP contribution is 2.27. The molecule has 26 heavy (non-hydrogen) atoms. The van der Waals surface area contributed by atoms with Crippen molar-refractivity contribution in [3.05, 3.63) is 48.8 Å². The fourth-order valence-corrected chi connectivity index (χ4v) is 3.10. The number of rotatable bonds is 3. The minimum absolute atomic E-state index is 0.126. The van der Waals surface area contributed by atoms with Crippen LogP contribution in [0, 0.1) is 0 Å². The molecule has 3 heterocycles. The smallest absolute Gasteiger partial charge is 0.291 e. The summed E-state index contributed by atoms with van der Waals surface area (Å²) >= 11 is 0. The third-order valence-electron chi connectivity index (χ3n) is 4.46. The number of nitrogens with zero attached hydrogens (tertiary/aromatic N) is 6. The van der Waals surface area contributed by atoms with Crippen molar-refractivity contribution in [2.24, 2.45) is 0 Å². The number of benzene rings is 1. The molecule has 0 radical (unpaired) electrons. The van der Waals surface area contributed by atoms with Crippen LogP contribution >= 0.6 is 0 Å². The number of carbonyl (C=O) groups excluding carboxylic acids is 1. The van der Waals surface area contributed by atoms with Crippen LogP contribution in [0.1, 0.15) is 10.6 Å². The van der Waals surface area contributed by atoms with Gasteiger partial charge in [-0.1, -0.05) is 0 Å². The number of hydrogen-bond donors (Lipinski definition) is 0. The molecule has 3 aromatic rings. The standard InChI is InChI=1S/C18H18N6O2/c1-26-17-14-11-13(3-4-15(14)21-12-22-17)23-7-9-24(10-8-23)18(25)16-19-5-2-6-20-16/h2-6,11-12H,7-10H2,1H3. The molecule has 2 aromatic heterocycles. The first kappa shape index (κ1) is 16.2. The molecule has 4 rings (SSSR count). The lowest BCUT2D eigenvalue weighted by Crippen LogP contribution is -2.49. The molecule has 1 amide bonds. The van der Waals surface area contributed by atoms with E-state index in [4.69, 9.17) is 4.74 Å². The number of aromatic nitrogens is 4. The van der Waals surface area contributed by atoms with E-state index in [1.54, 1.807) is 30.5 Å². The second-order valence-electron chi connectivity index (χ2n) is 5.94. The Kier molecular flexibility index (Phi) is 4.30. The van der Waals surface area contributed by atoms with Crippen molar-refractivity contribution in [2.75, 3.05) is 38.2 Å². The Morgan fingerprint density at radius 3 is 2.54 bits per heavy atom.